The average molecular weight is 526 g/mol. The van der Waals surface area contributed by atoms with Crippen LogP contribution in [0.3, 0.4) is 0 Å². The van der Waals surface area contributed by atoms with Crippen molar-refractivity contribution in [3.63, 3.8) is 0 Å². The maximum atomic E-state index is 13.0. The molecule has 6 nitrogen and oxygen atoms in total. The van der Waals surface area contributed by atoms with Gasteiger partial charge in [-0.05, 0) is 41.6 Å². The van der Waals surface area contributed by atoms with E-state index < -0.39 is 24.2 Å². The number of halogens is 8. The van der Waals surface area contributed by atoms with Crippen LogP contribution in [0, 0.1) is 34.3 Å². The van der Waals surface area contributed by atoms with Crippen molar-refractivity contribution in [2.24, 2.45) is 0 Å². The second-order valence-electron chi connectivity index (χ2n) is 6.21. The minimum atomic E-state index is -4.44. The molecule has 0 aliphatic carbocycles. The summed E-state index contributed by atoms with van der Waals surface area (Å²) in [6, 6.07) is 20.0. The van der Waals surface area contributed by atoms with Crippen LogP contribution in [0.25, 0.3) is 11.4 Å². The third-order valence-electron chi connectivity index (χ3n) is 3.81. The van der Waals surface area contributed by atoms with E-state index in [2.05, 4.69) is 20.6 Å². The molecule has 0 aliphatic rings. The molecule has 0 fully saturated rings. The van der Waals surface area contributed by atoms with E-state index in [9.17, 15) is 35.1 Å². The van der Waals surface area contributed by atoms with Gasteiger partial charge in [0, 0.05) is 0 Å². The van der Waals surface area contributed by atoms with Gasteiger partial charge >= 0.3 is 12.9 Å². The summed E-state index contributed by atoms with van der Waals surface area (Å²) in [6.45, 7) is -3.67. The number of aromatic amines is 1. The highest BCUT2D eigenvalue weighted by Crippen LogP contribution is 2.31. The Balaban J connectivity index is 0.000000261. The van der Waals surface area contributed by atoms with Crippen LogP contribution in [-0.2, 0) is 6.18 Å². The van der Waals surface area contributed by atoms with Crippen LogP contribution >= 0.6 is 0 Å². The molecule has 1 N–H and O–H groups in total. The van der Waals surface area contributed by atoms with Crippen molar-refractivity contribution < 1.29 is 35.1 Å². The van der Waals surface area contributed by atoms with Gasteiger partial charge in [-0.2, -0.15) is 42.1 Å². The van der Waals surface area contributed by atoms with Gasteiger partial charge in [-0.3, -0.25) is 0 Å². The van der Waals surface area contributed by atoms with E-state index in [-0.39, 0.29) is 22.8 Å². The number of rotatable bonds is 1. The summed E-state index contributed by atoms with van der Waals surface area (Å²) < 4.78 is 90.7. The van der Waals surface area contributed by atoms with E-state index in [0.717, 1.165) is 12.1 Å². The Morgan fingerprint density at radius 2 is 1.22 bits per heavy atom. The van der Waals surface area contributed by atoms with E-state index in [1.807, 2.05) is 0 Å². The van der Waals surface area contributed by atoms with Gasteiger partial charge in [0.2, 0.25) is 5.82 Å². The molecule has 0 radical (unpaired) electrons. The molecule has 4 aromatic rings. The molecule has 0 spiro atoms. The quantitative estimate of drug-likeness (QED) is 0.287. The van der Waals surface area contributed by atoms with Crippen LogP contribution < -0.4 is 0 Å². The monoisotopic (exact) mass is 526 g/mol. The van der Waals surface area contributed by atoms with Crippen molar-refractivity contribution >= 4 is 0 Å². The maximum Gasteiger partial charge on any atom is 0.417 e. The Bertz CT molecular complexity index is 1310. The zero-order valence-corrected chi connectivity index (χ0v) is 18.3. The molecular formula is C23H14F8N6. The topological polar surface area (TPSA) is 102 Å². The lowest BCUT2D eigenvalue weighted by molar-refractivity contribution is -0.137. The highest BCUT2D eigenvalue weighted by molar-refractivity contribution is 5.54. The van der Waals surface area contributed by atoms with E-state index in [1.54, 1.807) is 36.4 Å². The van der Waals surface area contributed by atoms with Crippen molar-refractivity contribution in [1.82, 2.24) is 20.6 Å². The summed E-state index contributed by atoms with van der Waals surface area (Å²) in [7, 11) is 0. The predicted molar refractivity (Wildman–Crippen MR) is 114 cm³/mol. The SMILES string of the molecule is FC(F)F.Fc1ccccc1-c1nn[nH]n1.N#Cc1ccccc1C(F)(F)F.N#Cc1ccccc1F. The smallest absolute Gasteiger partial charge is 0.206 e. The molecular weight excluding hydrogens is 512 g/mol. The first kappa shape index (κ1) is 30.2. The molecule has 0 aliphatic heterocycles. The standard InChI is InChI=1S/C8H4F3N.C7H5FN4.C7H4FN.CHF3/c9-8(10,11)7-4-2-1-3-6(7)5-12;8-6-4-2-1-3-5(6)7-9-11-12-10-7;8-7-4-2-1-3-6(7)5-9;2-1(3)4/h1-4H;1-4H,(H,9,10,11,12);1-4H;1H. The van der Waals surface area contributed by atoms with E-state index in [0.29, 0.717) is 5.56 Å². The van der Waals surface area contributed by atoms with E-state index >= 15 is 0 Å². The molecule has 4 rings (SSSR count). The van der Waals surface area contributed by atoms with Crippen molar-refractivity contribution in [2.75, 3.05) is 0 Å². The molecule has 0 atom stereocenters. The minimum Gasteiger partial charge on any atom is -0.206 e. The summed E-state index contributed by atoms with van der Waals surface area (Å²) in [5, 5.41) is 29.5. The fourth-order valence-electron chi connectivity index (χ4n) is 2.30. The first-order valence-electron chi connectivity index (χ1n) is 9.62. The third kappa shape index (κ3) is 11.0. The lowest BCUT2D eigenvalue weighted by Gasteiger charge is -2.06. The second-order valence-corrected chi connectivity index (χ2v) is 6.21. The molecule has 0 unspecified atom stereocenters. The number of H-pyrrole nitrogens is 1. The van der Waals surface area contributed by atoms with Crippen LogP contribution in [0.2, 0.25) is 0 Å². The number of benzene rings is 3. The average Bonchev–Trinajstić information content (AvgIpc) is 3.39. The first-order valence-corrected chi connectivity index (χ1v) is 9.62. The number of hydrogen-bond acceptors (Lipinski definition) is 5. The number of nitrogens with zero attached hydrogens (tertiary/aromatic N) is 5. The number of nitrogens with one attached hydrogen (secondary N) is 1. The van der Waals surface area contributed by atoms with Crippen molar-refractivity contribution in [2.45, 2.75) is 12.9 Å². The van der Waals surface area contributed by atoms with Gasteiger partial charge in [-0.1, -0.05) is 36.4 Å². The van der Waals surface area contributed by atoms with Crippen LogP contribution in [0.4, 0.5) is 35.1 Å². The van der Waals surface area contributed by atoms with Crippen LogP contribution in [-0.4, -0.2) is 27.3 Å². The number of tetrazole rings is 1. The van der Waals surface area contributed by atoms with Gasteiger partial charge in [-0.15, -0.1) is 10.2 Å². The number of alkyl halides is 6. The highest BCUT2D eigenvalue weighted by Gasteiger charge is 2.32. The van der Waals surface area contributed by atoms with Gasteiger partial charge in [0.1, 0.15) is 17.7 Å². The van der Waals surface area contributed by atoms with Gasteiger partial charge in [0.15, 0.2) is 0 Å². The number of hydrogen-bond donors (Lipinski definition) is 1. The fourth-order valence-corrected chi connectivity index (χ4v) is 2.30. The molecule has 14 heteroatoms. The fraction of sp³-hybridized carbons (Fsp3) is 0.0870. The summed E-state index contributed by atoms with van der Waals surface area (Å²) in [5.41, 5.74) is -0.777. The Morgan fingerprint density at radius 1 is 0.730 bits per heavy atom. The largest absolute Gasteiger partial charge is 0.417 e. The molecule has 37 heavy (non-hydrogen) atoms. The normalized spacial score (nSPS) is 9.81. The van der Waals surface area contributed by atoms with Crippen LogP contribution in [0.5, 0.6) is 0 Å². The Kier molecular flexibility index (Phi) is 12.4. The highest BCUT2D eigenvalue weighted by atomic mass is 19.4. The Labute approximate surface area is 204 Å². The first-order chi connectivity index (χ1) is 17.5. The predicted octanol–water partition coefficient (Wildman–Crippen LogP) is 6.46. The van der Waals surface area contributed by atoms with Gasteiger partial charge in [0.05, 0.1) is 28.3 Å². The van der Waals surface area contributed by atoms with Gasteiger partial charge in [0.25, 0.3) is 0 Å². The summed E-state index contributed by atoms with van der Waals surface area (Å²) >= 11 is 0. The molecule has 0 amide bonds. The lowest BCUT2D eigenvalue weighted by atomic mass is 10.1. The summed E-state index contributed by atoms with van der Waals surface area (Å²) in [4.78, 5) is 0. The van der Waals surface area contributed by atoms with E-state index in [1.165, 1.54) is 36.4 Å². The van der Waals surface area contributed by atoms with Crippen molar-refractivity contribution in [1.29, 1.82) is 10.5 Å². The molecule has 192 valence electrons. The number of aromatic nitrogens is 4. The molecule has 0 saturated heterocycles. The van der Waals surface area contributed by atoms with Gasteiger partial charge < -0.3 is 0 Å². The molecule has 3 aromatic carbocycles. The Hall–Kier alpha value is -4.85. The number of nitriles is 2. The zero-order chi connectivity index (χ0) is 27.8. The Morgan fingerprint density at radius 3 is 1.62 bits per heavy atom. The summed E-state index contributed by atoms with van der Waals surface area (Å²) in [5.74, 6) is -0.535. The molecule has 0 saturated carbocycles. The zero-order valence-electron chi connectivity index (χ0n) is 18.3. The van der Waals surface area contributed by atoms with Crippen LogP contribution in [0.15, 0.2) is 72.8 Å². The van der Waals surface area contributed by atoms with Crippen LogP contribution in [0.1, 0.15) is 16.7 Å². The molecule has 1 aromatic heterocycles. The third-order valence-corrected chi connectivity index (χ3v) is 3.81. The molecule has 0 bridgehead atoms. The minimum absolute atomic E-state index is 0.0949. The van der Waals surface area contributed by atoms with Gasteiger partial charge in [-0.25, -0.2) is 8.78 Å². The van der Waals surface area contributed by atoms with Crippen molar-refractivity contribution in [3.8, 4) is 23.5 Å². The maximum absolute atomic E-state index is 13.0. The lowest BCUT2D eigenvalue weighted by Crippen LogP contribution is -2.06. The summed E-state index contributed by atoms with van der Waals surface area (Å²) in [6.07, 6.45) is -4.44. The van der Waals surface area contributed by atoms with E-state index in [4.69, 9.17) is 10.5 Å². The van der Waals surface area contributed by atoms with Crippen molar-refractivity contribution in [3.05, 3.63) is 101 Å². The second kappa shape index (κ2) is 15.2. The molecule has 1 heterocycles.